The lowest BCUT2D eigenvalue weighted by Crippen LogP contribution is -2.45. The first-order valence-corrected chi connectivity index (χ1v) is 7.69. The van der Waals surface area contributed by atoms with Gasteiger partial charge in [0.25, 0.3) is 5.56 Å². The number of ether oxygens (including phenoxy) is 1. The number of benzene rings is 1. The average molecular weight is 368 g/mol. The standard InChI is InChI=1S/C17H18F2N2O5/c1-17(2,3)26-16(25)21-13(15(23)24)6-9-4-8-5-10(18)11(19)7-12(8)20-14(9)22/h4-5,7,13H,6H2,1-3H3,(H,20,22)(H,21,25)(H,23,24)/t13-/m0/s1. The van der Waals surface area contributed by atoms with E-state index in [2.05, 4.69) is 10.3 Å². The number of alkyl carbamates (subject to hydrolysis) is 1. The summed E-state index contributed by atoms with van der Waals surface area (Å²) in [5.41, 5.74) is -1.42. The van der Waals surface area contributed by atoms with Crippen LogP contribution >= 0.6 is 0 Å². The molecule has 3 N–H and O–H groups in total. The van der Waals surface area contributed by atoms with Crippen LogP contribution in [-0.4, -0.2) is 33.8 Å². The number of amides is 1. The van der Waals surface area contributed by atoms with Gasteiger partial charge in [-0.1, -0.05) is 0 Å². The summed E-state index contributed by atoms with van der Waals surface area (Å²) >= 11 is 0. The average Bonchev–Trinajstić information content (AvgIpc) is 2.47. The number of aromatic amines is 1. The number of H-pyrrole nitrogens is 1. The van der Waals surface area contributed by atoms with Gasteiger partial charge < -0.3 is 20.1 Å². The van der Waals surface area contributed by atoms with Crippen molar-refractivity contribution >= 4 is 23.0 Å². The predicted molar refractivity (Wildman–Crippen MR) is 89.0 cm³/mol. The first-order chi connectivity index (χ1) is 12.0. The molecule has 0 saturated carbocycles. The lowest BCUT2D eigenvalue weighted by Gasteiger charge is -2.22. The second-order valence-electron chi connectivity index (χ2n) is 6.72. The quantitative estimate of drug-likeness (QED) is 0.768. The van der Waals surface area contributed by atoms with E-state index in [4.69, 9.17) is 4.74 Å². The number of fused-ring (bicyclic) bond motifs is 1. The van der Waals surface area contributed by atoms with Crippen molar-refractivity contribution in [2.45, 2.75) is 38.8 Å². The Kier molecular flexibility index (Phi) is 5.29. The summed E-state index contributed by atoms with van der Waals surface area (Å²) in [7, 11) is 0. The topological polar surface area (TPSA) is 108 Å². The zero-order valence-electron chi connectivity index (χ0n) is 14.4. The van der Waals surface area contributed by atoms with E-state index in [-0.39, 0.29) is 22.9 Å². The van der Waals surface area contributed by atoms with E-state index < -0.39 is 40.9 Å². The third-order valence-corrected chi connectivity index (χ3v) is 3.38. The van der Waals surface area contributed by atoms with Crippen LogP contribution in [0.5, 0.6) is 0 Å². The number of carbonyl (C=O) groups excluding carboxylic acids is 1. The summed E-state index contributed by atoms with van der Waals surface area (Å²) in [6, 6.07) is 1.54. The molecular formula is C17H18F2N2O5. The third-order valence-electron chi connectivity index (χ3n) is 3.38. The molecule has 0 saturated heterocycles. The molecule has 0 aliphatic carbocycles. The molecule has 9 heteroatoms. The summed E-state index contributed by atoms with van der Waals surface area (Å²) in [6.45, 7) is 4.85. The zero-order valence-corrected chi connectivity index (χ0v) is 14.4. The highest BCUT2D eigenvalue weighted by Gasteiger charge is 2.25. The molecule has 0 spiro atoms. The summed E-state index contributed by atoms with van der Waals surface area (Å²) < 4.78 is 31.6. The van der Waals surface area contributed by atoms with E-state index in [1.165, 1.54) is 6.07 Å². The van der Waals surface area contributed by atoms with Gasteiger partial charge in [0.05, 0.1) is 5.52 Å². The maximum Gasteiger partial charge on any atom is 0.408 e. The van der Waals surface area contributed by atoms with Crippen molar-refractivity contribution in [1.82, 2.24) is 10.3 Å². The second-order valence-corrected chi connectivity index (χ2v) is 6.72. The number of aliphatic carboxylic acids is 1. The highest BCUT2D eigenvalue weighted by atomic mass is 19.2. The molecule has 0 aliphatic rings. The van der Waals surface area contributed by atoms with Crippen LogP contribution in [0.4, 0.5) is 13.6 Å². The highest BCUT2D eigenvalue weighted by Crippen LogP contribution is 2.17. The molecule has 1 aromatic heterocycles. The number of carboxylic acids is 1. The minimum Gasteiger partial charge on any atom is -0.480 e. The van der Waals surface area contributed by atoms with Gasteiger partial charge in [-0.3, -0.25) is 4.79 Å². The van der Waals surface area contributed by atoms with Crippen molar-refractivity contribution in [2.24, 2.45) is 0 Å². The molecular weight excluding hydrogens is 350 g/mol. The van der Waals surface area contributed by atoms with E-state index >= 15 is 0 Å². The monoisotopic (exact) mass is 368 g/mol. The molecule has 1 aromatic carbocycles. The molecule has 0 fully saturated rings. The molecule has 140 valence electrons. The number of halogens is 2. The molecule has 0 unspecified atom stereocenters. The smallest absolute Gasteiger partial charge is 0.408 e. The molecule has 2 aromatic rings. The molecule has 0 aliphatic heterocycles. The van der Waals surface area contributed by atoms with E-state index in [1.807, 2.05) is 0 Å². The number of hydrogen-bond donors (Lipinski definition) is 3. The zero-order chi connectivity index (χ0) is 19.6. The second kappa shape index (κ2) is 7.11. The van der Waals surface area contributed by atoms with Gasteiger partial charge in [-0.05, 0) is 32.9 Å². The number of nitrogens with one attached hydrogen (secondary N) is 2. The van der Waals surface area contributed by atoms with Gasteiger partial charge in [0.1, 0.15) is 11.6 Å². The summed E-state index contributed by atoms with van der Waals surface area (Å²) in [6.07, 6.45) is -1.31. The molecule has 1 heterocycles. The largest absolute Gasteiger partial charge is 0.480 e. The third kappa shape index (κ3) is 4.78. The van der Waals surface area contributed by atoms with Crippen LogP contribution in [-0.2, 0) is 16.0 Å². The molecule has 2 rings (SSSR count). The number of rotatable bonds is 4. The van der Waals surface area contributed by atoms with Crippen molar-refractivity contribution in [3.05, 3.63) is 45.8 Å². The molecule has 26 heavy (non-hydrogen) atoms. The van der Waals surface area contributed by atoms with Gasteiger partial charge >= 0.3 is 12.1 Å². The Hall–Kier alpha value is -2.97. The Morgan fingerprint density at radius 2 is 1.85 bits per heavy atom. The Labute approximate surface area is 147 Å². The van der Waals surface area contributed by atoms with Crippen LogP contribution in [0.3, 0.4) is 0 Å². The molecule has 0 bridgehead atoms. The van der Waals surface area contributed by atoms with E-state index in [1.54, 1.807) is 20.8 Å². The molecule has 1 atom stereocenters. The van der Waals surface area contributed by atoms with Gasteiger partial charge in [-0.25, -0.2) is 18.4 Å². The normalized spacial score (nSPS) is 12.7. The van der Waals surface area contributed by atoms with Crippen molar-refractivity contribution in [2.75, 3.05) is 0 Å². The lowest BCUT2D eigenvalue weighted by molar-refractivity contribution is -0.139. The lowest BCUT2D eigenvalue weighted by atomic mass is 10.1. The van der Waals surface area contributed by atoms with E-state index in [9.17, 15) is 28.3 Å². The molecule has 7 nitrogen and oxygen atoms in total. The first kappa shape index (κ1) is 19.4. The molecule has 0 radical (unpaired) electrons. The minimum absolute atomic E-state index is 0.00744. The van der Waals surface area contributed by atoms with Gasteiger partial charge in [0.15, 0.2) is 11.6 Å². The minimum atomic E-state index is -1.44. The Morgan fingerprint density at radius 3 is 2.42 bits per heavy atom. The van der Waals surface area contributed by atoms with Crippen LogP contribution in [0, 0.1) is 11.6 Å². The van der Waals surface area contributed by atoms with Gasteiger partial charge in [-0.15, -0.1) is 0 Å². The summed E-state index contributed by atoms with van der Waals surface area (Å²) in [4.78, 5) is 37.6. The number of pyridine rings is 1. The van der Waals surface area contributed by atoms with Crippen LogP contribution < -0.4 is 10.9 Å². The SMILES string of the molecule is CC(C)(C)OC(=O)N[C@@H](Cc1cc2cc(F)c(F)cc2[nH]c1=O)C(=O)O. The summed E-state index contributed by atoms with van der Waals surface area (Å²) in [5, 5.41) is 11.6. The maximum atomic E-state index is 13.4. The maximum absolute atomic E-state index is 13.4. The fourth-order valence-electron chi connectivity index (χ4n) is 2.27. The number of carboxylic acid groups (broad SMARTS) is 1. The van der Waals surface area contributed by atoms with E-state index in [0.717, 1.165) is 12.1 Å². The Morgan fingerprint density at radius 1 is 1.23 bits per heavy atom. The fraction of sp³-hybridized carbons (Fsp3) is 0.353. The first-order valence-electron chi connectivity index (χ1n) is 7.69. The molecule has 1 amide bonds. The number of hydrogen-bond acceptors (Lipinski definition) is 4. The Bertz CT molecular complexity index is 918. The van der Waals surface area contributed by atoms with Gasteiger partial charge in [-0.2, -0.15) is 0 Å². The van der Waals surface area contributed by atoms with Crippen LogP contribution in [0.2, 0.25) is 0 Å². The number of aromatic nitrogens is 1. The fourth-order valence-corrected chi connectivity index (χ4v) is 2.27. The van der Waals surface area contributed by atoms with Crippen molar-refractivity contribution in [3.8, 4) is 0 Å². The van der Waals surface area contributed by atoms with E-state index in [0.29, 0.717) is 0 Å². The predicted octanol–water partition coefficient (Wildman–Crippen LogP) is 2.33. The van der Waals surface area contributed by atoms with Gasteiger partial charge in [0, 0.05) is 23.4 Å². The highest BCUT2D eigenvalue weighted by molar-refractivity contribution is 5.81. The van der Waals surface area contributed by atoms with Crippen LogP contribution in [0.1, 0.15) is 26.3 Å². The summed E-state index contributed by atoms with van der Waals surface area (Å²) in [5.74, 6) is -3.59. The van der Waals surface area contributed by atoms with Crippen molar-refractivity contribution in [1.29, 1.82) is 0 Å². The van der Waals surface area contributed by atoms with Gasteiger partial charge in [0.2, 0.25) is 0 Å². The van der Waals surface area contributed by atoms with Crippen LogP contribution in [0.15, 0.2) is 23.0 Å². The van der Waals surface area contributed by atoms with Crippen molar-refractivity contribution < 1.29 is 28.2 Å². The van der Waals surface area contributed by atoms with Crippen LogP contribution in [0.25, 0.3) is 10.9 Å². The Balaban J connectivity index is 2.29. The number of carbonyl (C=O) groups is 2. The van der Waals surface area contributed by atoms with Crippen molar-refractivity contribution in [3.63, 3.8) is 0 Å².